The second-order valence-electron chi connectivity index (χ2n) is 7.53. The minimum absolute atomic E-state index is 0.320. The Hall–Kier alpha value is -0.0800. The van der Waals surface area contributed by atoms with Crippen molar-refractivity contribution in [1.82, 2.24) is 10.2 Å². The molecule has 0 aromatic heterocycles. The largest absolute Gasteiger partial charge is 0.312 e. The zero-order valence-electron chi connectivity index (χ0n) is 14.1. The second-order valence-corrected chi connectivity index (χ2v) is 7.53. The van der Waals surface area contributed by atoms with Gasteiger partial charge in [0, 0.05) is 11.6 Å². The lowest BCUT2D eigenvalue weighted by molar-refractivity contribution is 0.0723. The predicted molar refractivity (Wildman–Crippen MR) is 88.2 cm³/mol. The van der Waals surface area contributed by atoms with E-state index in [0.717, 1.165) is 5.92 Å². The summed E-state index contributed by atoms with van der Waals surface area (Å²) < 4.78 is 0. The molecule has 1 atom stereocenters. The molecule has 0 radical (unpaired) electrons. The summed E-state index contributed by atoms with van der Waals surface area (Å²) in [6.45, 7) is 11.1. The molecule has 2 rings (SSSR count). The van der Waals surface area contributed by atoms with Crippen LogP contribution in [0.5, 0.6) is 0 Å². The maximum Gasteiger partial charge on any atom is 0.0308 e. The maximum atomic E-state index is 3.94. The highest BCUT2D eigenvalue weighted by molar-refractivity contribution is 4.98. The minimum Gasteiger partial charge on any atom is -0.312 e. The van der Waals surface area contributed by atoms with Gasteiger partial charge in [-0.25, -0.2) is 0 Å². The normalized spacial score (nSPS) is 24.8. The smallest absolute Gasteiger partial charge is 0.0308 e. The Morgan fingerprint density at radius 3 is 2.15 bits per heavy atom. The predicted octanol–water partition coefficient (Wildman–Crippen LogP) is 4.20. The third-order valence-corrected chi connectivity index (χ3v) is 5.67. The van der Waals surface area contributed by atoms with Crippen LogP contribution in [0.4, 0.5) is 0 Å². The quantitative estimate of drug-likeness (QED) is 0.734. The minimum atomic E-state index is 0.320. The van der Waals surface area contributed by atoms with E-state index in [0.29, 0.717) is 11.6 Å². The zero-order chi connectivity index (χ0) is 14.4. The zero-order valence-corrected chi connectivity index (χ0v) is 14.1. The highest BCUT2D eigenvalue weighted by Crippen LogP contribution is 2.34. The van der Waals surface area contributed by atoms with E-state index in [-0.39, 0.29) is 0 Å². The van der Waals surface area contributed by atoms with Crippen LogP contribution in [-0.2, 0) is 0 Å². The molecule has 0 bridgehead atoms. The third kappa shape index (κ3) is 3.98. The van der Waals surface area contributed by atoms with Gasteiger partial charge in [0.2, 0.25) is 0 Å². The molecule has 1 N–H and O–H groups in total. The van der Waals surface area contributed by atoms with E-state index < -0.39 is 0 Å². The van der Waals surface area contributed by atoms with Gasteiger partial charge in [-0.05, 0) is 71.5 Å². The van der Waals surface area contributed by atoms with Crippen molar-refractivity contribution < 1.29 is 0 Å². The van der Waals surface area contributed by atoms with Gasteiger partial charge in [-0.3, -0.25) is 4.90 Å². The van der Waals surface area contributed by atoms with E-state index in [1.807, 2.05) is 0 Å². The molecular weight excluding hydrogens is 244 g/mol. The highest BCUT2D eigenvalue weighted by Gasteiger charge is 2.40. The molecule has 1 aliphatic heterocycles. The highest BCUT2D eigenvalue weighted by atomic mass is 15.2. The van der Waals surface area contributed by atoms with Crippen molar-refractivity contribution in [1.29, 1.82) is 0 Å². The standard InChI is InChI=1S/C18H36N2/c1-4-13-19-17(16-11-7-5-6-8-12-16)18(2,3)20-14-9-10-15-20/h16-17,19H,4-15H2,1-3H3. The number of nitrogens with one attached hydrogen (secondary N) is 1. The average Bonchev–Trinajstić information content (AvgIpc) is 2.85. The van der Waals surface area contributed by atoms with Crippen LogP contribution in [0.15, 0.2) is 0 Å². The van der Waals surface area contributed by atoms with Crippen LogP contribution in [0.3, 0.4) is 0 Å². The van der Waals surface area contributed by atoms with E-state index in [4.69, 9.17) is 0 Å². The Morgan fingerprint density at radius 1 is 1.00 bits per heavy atom. The van der Waals surface area contributed by atoms with Crippen molar-refractivity contribution in [3.8, 4) is 0 Å². The second kappa shape index (κ2) is 7.79. The van der Waals surface area contributed by atoms with E-state index in [2.05, 4.69) is 31.0 Å². The van der Waals surface area contributed by atoms with Crippen molar-refractivity contribution in [2.24, 2.45) is 5.92 Å². The van der Waals surface area contributed by atoms with Crippen molar-refractivity contribution in [3.63, 3.8) is 0 Å². The fourth-order valence-electron chi connectivity index (χ4n) is 4.43. The van der Waals surface area contributed by atoms with Crippen LogP contribution in [0.25, 0.3) is 0 Å². The topological polar surface area (TPSA) is 15.3 Å². The molecule has 2 heteroatoms. The Kier molecular flexibility index (Phi) is 6.35. The molecule has 1 unspecified atom stereocenters. The summed E-state index contributed by atoms with van der Waals surface area (Å²) in [6, 6.07) is 0.679. The molecule has 1 heterocycles. The summed E-state index contributed by atoms with van der Waals surface area (Å²) in [5.41, 5.74) is 0.320. The summed E-state index contributed by atoms with van der Waals surface area (Å²) in [4.78, 5) is 2.76. The van der Waals surface area contributed by atoms with Crippen LogP contribution in [-0.4, -0.2) is 36.1 Å². The number of nitrogens with zero attached hydrogens (tertiary/aromatic N) is 1. The molecule has 2 nitrogen and oxygen atoms in total. The maximum absolute atomic E-state index is 3.94. The van der Waals surface area contributed by atoms with Crippen LogP contribution in [0.1, 0.15) is 78.6 Å². The van der Waals surface area contributed by atoms with Crippen molar-refractivity contribution in [2.45, 2.75) is 90.1 Å². The van der Waals surface area contributed by atoms with E-state index in [1.165, 1.54) is 77.4 Å². The fourth-order valence-corrected chi connectivity index (χ4v) is 4.43. The Bertz CT molecular complexity index is 261. The first kappa shape index (κ1) is 16.3. The molecule has 0 aromatic rings. The van der Waals surface area contributed by atoms with Gasteiger partial charge in [-0.15, -0.1) is 0 Å². The van der Waals surface area contributed by atoms with E-state index in [9.17, 15) is 0 Å². The average molecular weight is 280 g/mol. The molecule has 20 heavy (non-hydrogen) atoms. The van der Waals surface area contributed by atoms with Crippen molar-refractivity contribution >= 4 is 0 Å². The van der Waals surface area contributed by atoms with Gasteiger partial charge in [0.05, 0.1) is 0 Å². The molecule has 118 valence electrons. The number of hydrogen-bond acceptors (Lipinski definition) is 2. The number of likely N-dealkylation sites (tertiary alicyclic amines) is 1. The lowest BCUT2D eigenvalue weighted by Crippen LogP contribution is -2.60. The van der Waals surface area contributed by atoms with Gasteiger partial charge in [0.1, 0.15) is 0 Å². The summed E-state index contributed by atoms with van der Waals surface area (Å²) in [5.74, 6) is 0.889. The molecule has 2 fully saturated rings. The van der Waals surface area contributed by atoms with E-state index >= 15 is 0 Å². The van der Waals surface area contributed by atoms with Crippen molar-refractivity contribution in [2.75, 3.05) is 19.6 Å². The molecule has 2 aliphatic rings. The Balaban J connectivity index is 2.07. The molecule has 0 amide bonds. The van der Waals surface area contributed by atoms with Gasteiger partial charge < -0.3 is 5.32 Å². The monoisotopic (exact) mass is 280 g/mol. The van der Waals surface area contributed by atoms with Crippen molar-refractivity contribution in [3.05, 3.63) is 0 Å². The molecule has 1 aliphatic carbocycles. The van der Waals surface area contributed by atoms with Gasteiger partial charge in [-0.2, -0.15) is 0 Å². The summed E-state index contributed by atoms with van der Waals surface area (Å²) >= 11 is 0. The Labute approximate surface area is 126 Å². The van der Waals surface area contributed by atoms with Crippen LogP contribution >= 0.6 is 0 Å². The fraction of sp³-hybridized carbons (Fsp3) is 1.00. The third-order valence-electron chi connectivity index (χ3n) is 5.67. The molecular formula is C18H36N2. The van der Waals surface area contributed by atoms with E-state index in [1.54, 1.807) is 0 Å². The van der Waals surface area contributed by atoms with Gasteiger partial charge in [0.25, 0.3) is 0 Å². The number of rotatable bonds is 6. The lowest BCUT2D eigenvalue weighted by atomic mass is 9.79. The Morgan fingerprint density at radius 2 is 1.60 bits per heavy atom. The molecule has 0 aromatic carbocycles. The van der Waals surface area contributed by atoms with Gasteiger partial charge in [-0.1, -0.05) is 32.6 Å². The number of hydrogen-bond donors (Lipinski definition) is 1. The molecule has 0 spiro atoms. The SMILES string of the molecule is CCCNC(C1CCCCCC1)C(C)(C)N1CCCC1. The molecule has 1 saturated heterocycles. The summed E-state index contributed by atoms with van der Waals surface area (Å²) in [5, 5.41) is 3.94. The molecule has 1 saturated carbocycles. The van der Waals surface area contributed by atoms with Gasteiger partial charge in [0.15, 0.2) is 0 Å². The first-order valence-corrected chi connectivity index (χ1v) is 9.14. The first-order chi connectivity index (χ1) is 9.66. The van der Waals surface area contributed by atoms with Crippen LogP contribution in [0, 0.1) is 5.92 Å². The van der Waals surface area contributed by atoms with Crippen LogP contribution in [0.2, 0.25) is 0 Å². The first-order valence-electron chi connectivity index (χ1n) is 9.14. The van der Waals surface area contributed by atoms with Crippen LogP contribution < -0.4 is 5.32 Å². The summed E-state index contributed by atoms with van der Waals surface area (Å²) in [6.07, 6.45) is 12.7. The summed E-state index contributed by atoms with van der Waals surface area (Å²) in [7, 11) is 0. The van der Waals surface area contributed by atoms with Gasteiger partial charge >= 0.3 is 0 Å². The lowest BCUT2D eigenvalue weighted by Gasteiger charge is -2.46.